The molecule has 0 aliphatic heterocycles. The smallest absolute Gasteiger partial charge is 0.150 e. The first-order chi connectivity index (χ1) is 10.4. The van der Waals surface area contributed by atoms with Crippen molar-refractivity contribution in [2.45, 2.75) is 0 Å². The van der Waals surface area contributed by atoms with Crippen LogP contribution in [0.25, 0.3) is 32.0 Å². The monoisotopic (exact) mass is 288 g/mol. The Morgan fingerprint density at radius 2 is 1.57 bits per heavy atom. The summed E-state index contributed by atoms with van der Waals surface area (Å²) in [4.78, 5) is 11.5. The van der Waals surface area contributed by atoms with Crippen LogP contribution in [0.15, 0.2) is 66.0 Å². The van der Waals surface area contributed by atoms with Gasteiger partial charge >= 0.3 is 0 Å². The highest BCUT2D eigenvalue weighted by molar-refractivity contribution is 7.17. The van der Waals surface area contributed by atoms with Crippen LogP contribution in [0.2, 0.25) is 0 Å². The molecule has 2 heteroatoms. The lowest BCUT2D eigenvalue weighted by Crippen LogP contribution is -1.89. The van der Waals surface area contributed by atoms with Crippen molar-refractivity contribution in [3.8, 4) is 11.1 Å². The summed E-state index contributed by atoms with van der Waals surface area (Å²) < 4.78 is 1.25. The minimum Gasteiger partial charge on any atom is -0.298 e. The zero-order valence-corrected chi connectivity index (χ0v) is 12.1. The standard InChI is InChI=1S/C19H12OS/c20-11-14-10-9-13-5-1-2-6-15(13)19(14)17-12-21-18-8-4-3-7-16(17)18/h1-12H. The van der Waals surface area contributed by atoms with Crippen LogP contribution in [-0.2, 0) is 0 Å². The van der Waals surface area contributed by atoms with Gasteiger partial charge in [0.25, 0.3) is 0 Å². The first-order valence-electron chi connectivity index (χ1n) is 6.82. The maximum absolute atomic E-state index is 11.5. The van der Waals surface area contributed by atoms with Gasteiger partial charge in [-0.15, -0.1) is 11.3 Å². The van der Waals surface area contributed by atoms with Crippen LogP contribution in [0.3, 0.4) is 0 Å². The zero-order chi connectivity index (χ0) is 14.2. The predicted octanol–water partition coefficient (Wildman–Crippen LogP) is 5.53. The quantitative estimate of drug-likeness (QED) is 0.443. The summed E-state index contributed by atoms with van der Waals surface area (Å²) in [5.41, 5.74) is 2.94. The summed E-state index contributed by atoms with van der Waals surface area (Å²) in [6.07, 6.45) is 0.953. The van der Waals surface area contributed by atoms with Crippen LogP contribution in [0.1, 0.15) is 10.4 Å². The number of rotatable bonds is 2. The van der Waals surface area contributed by atoms with Crippen LogP contribution >= 0.6 is 11.3 Å². The summed E-state index contributed by atoms with van der Waals surface area (Å²) >= 11 is 1.72. The van der Waals surface area contributed by atoms with Gasteiger partial charge in [0.2, 0.25) is 0 Å². The molecule has 0 bridgehead atoms. The van der Waals surface area contributed by atoms with Crippen molar-refractivity contribution < 1.29 is 4.79 Å². The Hall–Kier alpha value is -2.45. The molecule has 0 aliphatic carbocycles. The fourth-order valence-corrected chi connectivity index (χ4v) is 3.81. The summed E-state index contributed by atoms with van der Waals surface area (Å²) in [5.74, 6) is 0. The lowest BCUT2D eigenvalue weighted by molar-refractivity contribution is 0.112. The molecule has 100 valence electrons. The van der Waals surface area contributed by atoms with Gasteiger partial charge in [0, 0.05) is 26.8 Å². The van der Waals surface area contributed by atoms with E-state index < -0.39 is 0 Å². The molecule has 1 nitrogen and oxygen atoms in total. The molecular formula is C19H12OS. The van der Waals surface area contributed by atoms with Crippen molar-refractivity contribution in [1.29, 1.82) is 0 Å². The predicted molar refractivity (Wildman–Crippen MR) is 90.2 cm³/mol. The summed E-state index contributed by atoms with van der Waals surface area (Å²) in [6.45, 7) is 0. The van der Waals surface area contributed by atoms with Crippen LogP contribution in [0.5, 0.6) is 0 Å². The molecule has 1 aromatic heterocycles. The molecule has 21 heavy (non-hydrogen) atoms. The van der Waals surface area contributed by atoms with Gasteiger partial charge in [-0.05, 0) is 22.2 Å². The Morgan fingerprint density at radius 1 is 0.810 bits per heavy atom. The third kappa shape index (κ3) is 1.88. The largest absolute Gasteiger partial charge is 0.298 e. The molecule has 0 fully saturated rings. The molecule has 0 atom stereocenters. The highest BCUT2D eigenvalue weighted by Gasteiger charge is 2.13. The minimum absolute atomic E-state index is 0.747. The molecule has 0 saturated heterocycles. The maximum atomic E-state index is 11.5. The Labute approximate surface area is 126 Å². The van der Waals surface area contributed by atoms with E-state index in [1.54, 1.807) is 11.3 Å². The summed E-state index contributed by atoms with van der Waals surface area (Å²) in [5, 5.41) is 5.65. The van der Waals surface area contributed by atoms with E-state index in [1.807, 2.05) is 36.4 Å². The van der Waals surface area contributed by atoms with Crippen molar-refractivity contribution in [3.63, 3.8) is 0 Å². The van der Waals surface area contributed by atoms with E-state index in [0.717, 1.165) is 33.7 Å². The summed E-state index contributed by atoms with van der Waals surface area (Å²) in [7, 11) is 0. The second kappa shape index (κ2) is 4.83. The highest BCUT2D eigenvalue weighted by Crippen LogP contribution is 2.39. The van der Waals surface area contributed by atoms with E-state index in [9.17, 15) is 4.79 Å². The van der Waals surface area contributed by atoms with Gasteiger partial charge in [0.05, 0.1) is 0 Å². The Balaban J connectivity index is 2.16. The van der Waals surface area contributed by atoms with E-state index in [1.165, 1.54) is 10.1 Å². The van der Waals surface area contributed by atoms with Gasteiger partial charge in [-0.1, -0.05) is 54.6 Å². The first kappa shape index (κ1) is 12.3. The van der Waals surface area contributed by atoms with Crippen LogP contribution in [-0.4, -0.2) is 6.29 Å². The first-order valence-corrected chi connectivity index (χ1v) is 7.70. The second-order valence-corrected chi connectivity index (χ2v) is 5.93. The normalized spacial score (nSPS) is 11.0. The topological polar surface area (TPSA) is 17.1 Å². The molecule has 0 saturated carbocycles. The fourth-order valence-electron chi connectivity index (χ4n) is 2.86. The van der Waals surface area contributed by atoms with Gasteiger partial charge in [-0.2, -0.15) is 0 Å². The number of fused-ring (bicyclic) bond motifs is 2. The van der Waals surface area contributed by atoms with Crippen LogP contribution in [0, 0.1) is 0 Å². The molecular weight excluding hydrogens is 276 g/mol. The number of benzene rings is 3. The van der Waals surface area contributed by atoms with Crippen molar-refractivity contribution in [2.24, 2.45) is 0 Å². The number of carbonyl (C=O) groups excluding carboxylic acids is 1. The zero-order valence-electron chi connectivity index (χ0n) is 11.2. The van der Waals surface area contributed by atoms with E-state index in [4.69, 9.17) is 0 Å². The van der Waals surface area contributed by atoms with Gasteiger partial charge in [-0.3, -0.25) is 4.79 Å². The molecule has 0 amide bonds. The van der Waals surface area contributed by atoms with Crippen molar-refractivity contribution >= 4 is 38.5 Å². The van der Waals surface area contributed by atoms with Crippen molar-refractivity contribution in [3.05, 3.63) is 71.6 Å². The average Bonchev–Trinajstić information content (AvgIpc) is 2.97. The lowest BCUT2D eigenvalue weighted by atomic mass is 9.93. The number of aldehydes is 1. The number of thiophene rings is 1. The molecule has 0 N–H and O–H groups in total. The van der Waals surface area contributed by atoms with Gasteiger partial charge in [0.1, 0.15) is 0 Å². The molecule has 0 unspecified atom stereocenters. The average molecular weight is 288 g/mol. The molecule has 1 heterocycles. The Morgan fingerprint density at radius 3 is 2.43 bits per heavy atom. The molecule has 4 aromatic rings. The third-order valence-corrected chi connectivity index (χ3v) is 4.80. The summed E-state index contributed by atoms with van der Waals surface area (Å²) in [6, 6.07) is 20.5. The van der Waals surface area contributed by atoms with Crippen LogP contribution in [0.4, 0.5) is 0 Å². The minimum atomic E-state index is 0.747. The van der Waals surface area contributed by atoms with E-state index in [0.29, 0.717) is 0 Å². The lowest BCUT2D eigenvalue weighted by Gasteiger charge is -2.09. The number of hydrogen-bond acceptors (Lipinski definition) is 2. The molecule has 0 aliphatic rings. The van der Waals surface area contributed by atoms with E-state index in [-0.39, 0.29) is 0 Å². The molecule has 0 spiro atoms. The van der Waals surface area contributed by atoms with Crippen molar-refractivity contribution in [1.82, 2.24) is 0 Å². The van der Waals surface area contributed by atoms with E-state index >= 15 is 0 Å². The van der Waals surface area contributed by atoms with E-state index in [2.05, 4.69) is 29.6 Å². The fraction of sp³-hybridized carbons (Fsp3) is 0. The van der Waals surface area contributed by atoms with Gasteiger partial charge in [-0.25, -0.2) is 0 Å². The Bertz CT molecular complexity index is 966. The molecule has 3 aromatic carbocycles. The van der Waals surface area contributed by atoms with Crippen molar-refractivity contribution in [2.75, 3.05) is 0 Å². The number of carbonyl (C=O) groups is 1. The maximum Gasteiger partial charge on any atom is 0.150 e. The third-order valence-electron chi connectivity index (χ3n) is 3.84. The second-order valence-electron chi connectivity index (χ2n) is 5.01. The highest BCUT2D eigenvalue weighted by atomic mass is 32.1. The van der Waals surface area contributed by atoms with Gasteiger partial charge in [0.15, 0.2) is 6.29 Å². The Kier molecular flexibility index (Phi) is 2.83. The molecule has 4 rings (SSSR count). The van der Waals surface area contributed by atoms with Crippen LogP contribution < -0.4 is 0 Å². The number of hydrogen-bond donors (Lipinski definition) is 0. The SMILES string of the molecule is O=Cc1ccc2ccccc2c1-c1csc2ccccc12. The van der Waals surface area contributed by atoms with Gasteiger partial charge < -0.3 is 0 Å². The molecule has 0 radical (unpaired) electrons.